The minimum Gasteiger partial charge on any atom is -0.408 e. The van der Waals surface area contributed by atoms with E-state index in [1.165, 1.54) is 0 Å². The molecule has 130 valence electrons. The molecule has 8 heteroatoms. The molecule has 0 bridgehead atoms. The molecule has 2 amide bonds. The highest BCUT2D eigenvalue weighted by molar-refractivity contribution is 5.92. The largest absolute Gasteiger partial charge is 0.417 e. The molecule has 1 aliphatic rings. The van der Waals surface area contributed by atoms with Crippen molar-refractivity contribution in [3.63, 3.8) is 0 Å². The van der Waals surface area contributed by atoms with Crippen LogP contribution in [0.25, 0.3) is 11.1 Å². The summed E-state index contributed by atoms with van der Waals surface area (Å²) in [5.41, 5.74) is 3.38. The zero-order chi connectivity index (χ0) is 17.6. The summed E-state index contributed by atoms with van der Waals surface area (Å²) in [5.74, 6) is 0.231. The number of fused-ring (bicyclic) bond motifs is 1. The number of likely N-dealkylation sites (tertiary alicyclic amines) is 1. The Morgan fingerprint density at radius 3 is 3.00 bits per heavy atom. The number of aryl methyl sites for hydroxylation is 2. The summed E-state index contributed by atoms with van der Waals surface area (Å²) in [7, 11) is 0. The number of carbonyl (C=O) groups is 1. The molecule has 2 aromatic heterocycles. The van der Waals surface area contributed by atoms with Crippen LogP contribution >= 0.6 is 0 Å². The first-order valence-electron chi connectivity index (χ1n) is 8.16. The van der Waals surface area contributed by atoms with Gasteiger partial charge in [-0.15, -0.1) is 0 Å². The predicted molar refractivity (Wildman–Crippen MR) is 90.5 cm³/mol. The fourth-order valence-electron chi connectivity index (χ4n) is 3.49. The minimum absolute atomic E-state index is 0.0415. The minimum atomic E-state index is -0.517. The molecule has 25 heavy (non-hydrogen) atoms. The zero-order valence-electron chi connectivity index (χ0n) is 14.0. The number of amides is 2. The standard InChI is InChI=1S/C17H18N4O4/c1-9-15(10(2)25-20-9)13-4-3-7-21(13)16(22)18-11-5-6-12-14(8-11)24-17(23)19-12/h5-6,8,13H,3-4,7H2,1-2H3,(H,18,22)(H,19,23)/t13-/m0/s1. The fourth-order valence-corrected chi connectivity index (χ4v) is 3.49. The van der Waals surface area contributed by atoms with Crippen molar-refractivity contribution in [1.29, 1.82) is 0 Å². The Kier molecular flexibility index (Phi) is 3.60. The van der Waals surface area contributed by atoms with Crippen molar-refractivity contribution < 1.29 is 13.7 Å². The van der Waals surface area contributed by atoms with Crippen LogP contribution in [0.15, 0.2) is 31.9 Å². The molecule has 8 nitrogen and oxygen atoms in total. The molecule has 4 rings (SSSR count). The van der Waals surface area contributed by atoms with E-state index in [0.717, 1.165) is 29.9 Å². The molecule has 0 saturated carbocycles. The first kappa shape index (κ1) is 15.5. The number of carbonyl (C=O) groups excluding carboxylic acids is 1. The fraction of sp³-hybridized carbons (Fsp3) is 0.353. The number of H-pyrrole nitrogens is 1. The molecule has 1 aliphatic heterocycles. The molecule has 1 saturated heterocycles. The topological polar surface area (TPSA) is 104 Å². The van der Waals surface area contributed by atoms with Gasteiger partial charge in [-0.05, 0) is 38.8 Å². The Hall–Kier alpha value is -3.03. The molecular weight excluding hydrogens is 324 g/mol. The average Bonchev–Trinajstić information content (AvgIpc) is 3.25. The number of urea groups is 1. The number of nitrogens with zero attached hydrogens (tertiary/aromatic N) is 2. The number of benzene rings is 1. The number of nitrogens with one attached hydrogen (secondary N) is 2. The van der Waals surface area contributed by atoms with Gasteiger partial charge in [0.05, 0.1) is 17.3 Å². The lowest BCUT2D eigenvalue weighted by Crippen LogP contribution is -2.34. The van der Waals surface area contributed by atoms with Crippen molar-refractivity contribution in [2.75, 3.05) is 11.9 Å². The van der Waals surface area contributed by atoms with Gasteiger partial charge in [0.1, 0.15) is 5.76 Å². The van der Waals surface area contributed by atoms with Crippen LogP contribution in [-0.2, 0) is 0 Å². The lowest BCUT2D eigenvalue weighted by molar-refractivity contribution is 0.206. The van der Waals surface area contributed by atoms with E-state index in [1.54, 1.807) is 23.1 Å². The maximum absolute atomic E-state index is 12.7. The Morgan fingerprint density at radius 1 is 1.40 bits per heavy atom. The lowest BCUT2D eigenvalue weighted by atomic mass is 10.0. The molecule has 0 aliphatic carbocycles. The van der Waals surface area contributed by atoms with E-state index in [-0.39, 0.29) is 12.1 Å². The van der Waals surface area contributed by atoms with E-state index in [9.17, 15) is 9.59 Å². The van der Waals surface area contributed by atoms with E-state index in [2.05, 4.69) is 15.5 Å². The van der Waals surface area contributed by atoms with Gasteiger partial charge in [-0.3, -0.25) is 4.98 Å². The summed E-state index contributed by atoms with van der Waals surface area (Å²) in [5, 5.41) is 6.87. The third kappa shape index (κ3) is 2.69. The van der Waals surface area contributed by atoms with Crippen LogP contribution in [0.5, 0.6) is 0 Å². The maximum atomic E-state index is 12.7. The van der Waals surface area contributed by atoms with Gasteiger partial charge in [-0.1, -0.05) is 5.16 Å². The van der Waals surface area contributed by atoms with Gasteiger partial charge >= 0.3 is 11.8 Å². The highest BCUT2D eigenvalue weighted by Crippen LogP contribution is 2.35. The van der Waals surface area contributed by atoms with E-state index in [1.807, 2.05) is 13.8 Å². The molecular formula is C17H18N4O4. The quantitative estimate of drug-likeness (QED) is 0.744. The van der Waals surface area contributed by atoms with E-state index in [0.29, 0.717) is 23.3 Å². The second kappa shape index (κ2) is 5.80. The number of hydrogen-bond donors (Lipinski definition) is 2. The van der Waals surface area contributed by atoms with Crippen LogP contribution < -0.4 is 11.1 Å². The van der Waals surface area contributed by atoms with Crippen LogP contribution in [0.3, 0.4) is 0 Å². The van der Waals surface area contributed by atoms with Crippen LogP contribution in [0, 0.1) is 13.8 Å². The third-order valence-electron chi connectivity index (χ3n) is 4.61. The van der Waals surface area contributed by atoms with Gasteiger partial charge in [-0.25, -0.2) is 9.59 Å². The van der Waals surface area contributed by atoms with Crippen LogP contribution in [0.4, 0.5) is 10.5 Å². The molecule has 2 N–H and O–H groups in total. The molecule has 1 atom stereocenters. The molecule has 0 unspecified atom stereocenters. The van der Waals surface area contributed by atoms with Gasteiger partial charge in [0, 0.05) is 23.9 Å². The summed E-state index contributed by atoms with van der Waals surface area (Å²) in [4.78, 5) is 28.4. The highest BCUT2D eigenvalue weighted by Gasteiger charge is 2.33. The predicted octanol–water partition coefficient (Wildman–Crippen LogP) is 3.09. The van der Waals surface area contributed by atoms with E-state index >= 15 is 0 Å². The SMILES string of the molecule is Cc1noc(C)c1[C@@H]1CCCN1C(=O)Nc1ccc2[nH]c(=O)oc2c1. The van der Waals surface area contributed by atoms with Crippen LogP contribution in [0.1, 0.15) is 35.9 Å². The smallest absolute Gasteiger partial charge is 0.408 e. The second-order valence-electron chi connectivity index (χ2n) is 6.24. The summed E-state index contributed by atoms with van der Waals surface area (Å²) in [6.45, 7) is 4.43. The summed E-state index contributed by atoms with van der Waals surface area (Å²) in [6, 6.07) is 4.82. The number of anilines is 1. The zero-order valence-corrected chi connectivity index (χ0v) is 14.0. The van der Waals surface area contributed by atoms with Crippen molar-refractivity contribution in [3.05, 3.63) is 45.8 Å². The normalized spacial score (nSPS) is 17.4. The van der Waals surface area contributed by atoms with Crippen molar-refractivity contribution in [3.8, 4) is 0 Å². The Labute approximate surface area is 142 Å². The molecule has 1 fully saturated rings. The number of rotatable bonds is 2. The third-order valence-corrected chi connectivity index (χ3v) is 4.61. The molecule has 3 heterocycles. The van der Waals surface area contributed by atoms with Gasteiger partial charge in [-0.2, -0.15) is 0 Å². The maximum Gasteiger partial charge on any atom is 0.417 e. The van der Waals surface area contributed by atoms with Gasteiger partial charge in [0.25, 0.3) is 0 Å². The number of oxazole rings is 1. The molecule has 1 aromatic carbocycles. The number of aromatic amines is 1. The first-order chi connectivity index (χ1) is 12.0. The average molecular weight is 342 g/mol. The van der Waals surface area contributed by atoms with Gasteiger partial charge < -0.3 is 19.2 Å². The summed E-state index contributed by atoms with van der Waals surface area (Å²) >= 11 is 0. The molecule has 0 radical (unpaired) electrons. The van der Waals surface area contributed by atoms with Crippen molar-refractivity contribution in [2.24, 2.45) is 0 Å². The highest BCUT2D eigenvalue weighted by atomic mass is 16.5. The first-order valence-corrected chi connectivity index (χ1v) is 8.16. The van der Waals surface area contributed by atoms with Crippen molar-refractivity contribution in [1.82, 2.24) is 15.0 Å². The van der Waals surface area contributed by atoms with E-state index < -0.39 is 5.76 Å². The number of aromatic nitrogens is 2. The second-order valence-corrected chi connectivity index (χ2v) is 6.24. The Bertz CT molecular complexity index is 980. The number of hydrogen-bond acceptors (Lipinski definition) is 5. The molecule has 0 spiro atoms. The van der Waals surface area contributed by atoms with Crippen molar-refractivity contribution in [2.45, 2.75) is 32.7 Å². The van der Waals surface area contributed by atoms with Gasteiger partial charge in [0.2, 0.25) is 0 Å². The Morgan fingerprint density at radius 2 is 2.24 bits per heavy atom. The summed E-state index contributed by atoms with van der Waals surface area (Å²) < 4.78 is 10.3. The van der Waals surface area contributed by atoms with Gasteiger partial charge in [0.15, 0.2) is 5.58 Å². The van der Waals surface area contributed by atoms with Crippen molar-refractivity contribution >= 4 is 22.8 Å². The van der Waals surface area contributed by atoms with Crippen LogP contribution in [0.2, 0.25) is 0 Å². The Balaban J connectivity index is 1.57. The van der Waals surface area contributed by atoms with E-state index in [4.69, 9.17) is 8.94 Å². The summed E-state index contributed by atoms with van der Waals surface area (Å²) in [6.07, 6.45) is 1.80. The van der Waals surface area contributed by atoms with Crippen LogP contribution in [-0.4, -0.2) is 27.6 Å². The lowest BCUT2D eigenvalue weighted by Gasteiger charge is -2.25. The molecule has 3 aromatic rings. The monoisotopic (exact) mass is 342 g/mol.